The Labute approximate surface area is 128 Å². The van der Waals surface area contributed by atoms with Gasteiger partial charge in [0.2, 0.25) is 0 Å². The average molecular weight is 326 g/mol. The molecule has 0 unspecified atom stereocenters. The van der Waals surface area contributed by atoms with Crippen LogP contribution in [0.5, 0.6) is 0 Å². The number of hydrogen-bond acceptors (Lipinski definition) is 6. The van der Waals surface area contributed by atoms with Gasteiger partial charge in [-0.3, -0.25) is 4.72 Å². The summed E-state index contributed by atoms with van der Waals surface area (Å²) in [5.41, 5.74) is 0.355. The number of thiophene rings is 1. The number of hydrogen-bond donors (Lipinski definition) is 2. The Morgan fingerprint density at radius 2 is 2.00 bits per heavy atom. The van der Waals surface area contributed by atoms with E-state index in [1.54, 1.807) is 6.07 Å². The minimum absolute atomic E-state index is 0.310. The van der Waals surface area contributed by atoms with Crippen molar-refractivity contribution in [3.63, 3.8) is 0 Å². The van der Waals surface area contributed by atoms with Crippen molar-refractivity contribution < 1.29 is 8.42 Å². The standard InChI is InChI=1S/C13H18N4O2S2/c1-3-4-14-8-12-5-13(10(2)20-12)21(18,19)17-11-6-15-9-16-7-11/h5-7,9,14,17H,3-4,8H2,1-2H3. The Morgan fingerprint density at radius 1 is 1.29 bits per heavy atom. The van der Waals surface area contributed by atoms with Gasteiger partial charge in [-0.25, -0.2) is 18.4 Å². The molecule has 0 aromatic carbocycles. The zero-order valence-electron chi connectivity index (χ0n) is 12.0. The van der Waals surface area contributed by atoms with E-state index in [-0.39, 0.29) is 0 Å². The maximum Gasteiger partial charge on any atom is 0.263 e. The summed E-state index contributed by atoms with van der Waals surface area (Å²) in [7, 11) is -3.60. The number of nitrogens with one attached hydrogen (secondary N) is 2. The second-order valence-electron chi connectivity index (χ2n) is 4.54. The Balaban J connectivity index is 2.16. The van der Waals surface area contributed by atoms with E-state index >= 15 is 0 Å². The number of sulfonamides is 1. The van der Waals surface area contributed by atoms with Crippen LogP contribution in [0.2, 0.25) is 0 Å². The van der Waals surface area contributed by atoms with Crippen molar-refractivity contribution >= 4 is 27.0 Å². The summed E-state index contributed by atoms with van der Waals surface area (Å²) in [6.07, 6.45) is 5.25. The number of aryl methyl sites for hydroxylation is 1. The van der Waals surface area contributed by atoms with E-state index in [4.69, 9.17) is 0 Å². The van der Waals surface area contributed by atoms with Gasteiger partial charge in [-0.1, -0.05) is 6.92 Å². The van der Waals surface area contributed by atoms with Crippen LogP contribution < -0.4 is 10.0 Å². The molecule has 0 bridgehead atoms. The van der Waals surface area contributed by atoms with Crippen LogP contribution in [0.1, 0.15) is 23.1 Å². The molecule has 114 valence electrons. The van der Waals surface area contributed by atoms with Crippen molar-refractivity contribution in [2.75, 3.05) is 11.3 Å². The van der Waals surface area contributed by atoms with E-state index < -0.39 is 10.0 Å². The topological polar surface area (TPSA) is 84.0 Å². The molecule has 0 saturated carbocycles. The van der Waals surface area contributed by atoms with Crippen LogP contribution in [0, 0.1) is 6.92 Å². The van der Waals surface area contributed by atoms with Crippen LogP contribution in [0.15, 0.2) is 29.7 Å². The highest BCUT2D eigenvalue weighted by molar-refractivity contribution is 7.93. The van der Waals surface area contributed by atoms with Crippen molar-refractivity contribution in [1.29, 1.82) is 0 Å². The lowest BCUT2D eigenvalue weighted by Crippen LogP contribution is -2.14. The summed E-state index contributed by atoms with van der Waals surface area (Å²) in [6, 6.07) is 1.72. The largest absolute Gasteiger partial charge is 0.312 e. The normalized spacial score (nSPS) is 11.5. The van der Waals surface area contributed by atoms with E-state index in [0.29, 0.717) is 17.1 Å². The summed E-state index contributed by atoms with van der Waals surface area (Å²) >= 11 is 1.49. The molecular formula is C13H18N4O2S2. The molecule has 0 atom stereocenters. The molecule has 8 heteroatoms. The zero-order chi connectivity index (χ0) is 15.3. The lowest BCUT2D eigenvalue weighted by molar-refractivity contribution is 0.601. The summed E-state index contributed by atoms with van der Waals surface area (Å²) in [4.78, 5) is 9.68. The Bertz CT molecular complexity index is 683. The first-order chi connectivity index (χ1) is 10.0. The lowest BCUT2D eigenvalue weighted by atomic mass is 10.4. The number of rotatable bonds is 7. The van der Waals surface area contributed by atoms with Crippen molar-refractivity contribution in [2.24, 2.45) is 0 Å². The second kappa shape index (κ2) is 6.97. The predicted octanol–water partition coefficient (Wildman–Crippen LogP) is 2.15. The molecule has 0 aliphatic heterocycles. The first-order valence-electron chi connectivity index (χ1n) is 6.61. The molecule has 0 aliphatic rings. The monoisotopic (exact) mass is 326 g/mol. The molecule has 0 radical (unpaired) electrons. The van der Waals surface area contributed by atoms with Gasteiger partial charge in [0.25, 0.3) is 10.0 Å². The van der Waals surface area contributed by atoms with Gasteiger partial charge in [-0.05, 0) is 26.0 Å². The minimum atomic E-state index is -3.60. The summed E-state index contributed by atoms with van der Waals surface area (Å²) in [5, 5.41) is 3.27. The molecule has 0 aliphatic carbocycles. The van der Waals surface area contributed by atoms with E-state index in [9.17, 15) is 8.42 Å². The summed E-state index contributed by atoms with van der Waals surface area (Å²) in [5.74, 6) is 0. The molecule has 2 N–H and O–H groups in total. The van der Waals surface area contributed by atoms with Crippen LogP contribution in [-0.2, 0) is 16.6 Å². The third-order valence-corrected chi connectivity index (χ3v) is 5.44. The molecule has 0 fully saturated rings. The minimum Gasteiger partial charge on any atom is -0.312 e. The third-order valence-electron chi connectivity index (χ3n) is 2.75. The van der Waals surface area contributed by atoms with Crippen LogP contribution in [0.4, 0.5) is 5.69 Å². The van der Waals surface area contributed by atoms with E-state index in [2.05, 4.69) is 26.9 Å². The first kappa shape index (κ1) is 15.9. The summed E-state index contributed by atoms with van der Waals surface area (Å²) < 4.78 is 27.3. The number of anilines is 1. The highest BCUT2D eigenvalue weighted by Gasteiger charge is 2.20. The molecule has 0 spiro atoms. The molecular weight excluding hydrogens is 308 g/mol. The predicted molar refractivity (Wildman–Crippen MR) is 83.9 cm³/mol. The zero-order valence-corrected chi connectivity index (χ0v) is 13.6. The van der Waals surface area contributed by atoms with Crippen molar-refractivity contribution in [1.82, 2.24) is 15.3 Å². The molecule has 0 amide bonds. The van der Waals surface area contributed by atoms with E-state index in [1.807, 2.05) is 6.92 Å². The molecule has 0 saturated heterocycles. The molecule has 2 heterocycles. The fraction of sp³-hybridized carbons (Fsp3) is 0.385. The molecule has 6 nitrogen and oxygen atoms in total. The van der Waals surface area contributed by atoms with Crippen LogP contribution >= 0.6 is 11.3 Å². The highest BCUT2D eigenvalue weighted by Crippen LogP contribution is 2.27. The second-order valence-corrected chi connectivity index (χ2v) is 7.53. The molecule has 21 heavy (non-hydrogen) atoms. The van der Waals surface area contributed by atoms with E-state index in [1.165, 1.54) is 30.1 Å². The smallest absolute Gasteiger partial charge is 0.263 e. The van der Waals surface area contributed by atoms with Gasteiger partial charge in [-0.2, -0.15) is 0 Å². The Hall–Kier alpha value is -1.51. The maximum absolute atomic E-state index is 12.4. The molecule has 2 rings (SSSR count). The Kier molecular flexibility index (Phi) is 5.27. The van der Waals surface area contributed by atoms with Gasteiger partial charge in [-0.15, -0.1) is 11.3 Å². The Morgan fingerprint density at radius 3 is 2.67 bits per heavy atom. The lowest BCUT2D eigenvalue weighted by Gasteiger charge is -2.06. The first-order valence-corrected chi connectivity index (χ1v) is 8.90. The fourth-order valence-electron chi connectivity index (χ4n) is 1.83. The average Bonchev–Trinajstić information content (AvgIpc) is 2.82. The van der Waals surface area contributed by atoms with E-state index in [0.717, 1.165) is 22.7 Å². The SMILES string of the molecule is CCCNCc1cc(S(=O)(=O)Nc2cncnc2)c(C)s1. The third kappa shape index (κ3) is 4.23. The number of nitrogens with zero attached hydrogens (tertiary/aromatic N) is 2. The van der Waals surface area contributed by atoms with Gasteiger partial charge in [0.05, 0.1) is 18.1 Å². The van der Waals surface area contributed by atoms with Crippen molar-refractivity contribution in [3.05, 3.63) is 34.5 Å². The van der Waals surface area contributed by atoms with Gasteiger partial charge >= 0.3 is 0 Å². The van der Waals surface area contributed by atoms with Crippen LogP contribution in [-0.4, -0.2) is 24.9 Å². The fourth-order valence-corrected chi connectivity index (χ4v) is 4.46. The quantitative estimate of drug-likeness (QED) is 0.762. The van der Waals surface area contributed by atoms with Gasteiger partial charge in [0.15, 0.2) is 0 Å². The van der Waals surface area contributed by atoms with Gasteiger partial charge in [0, 0.05) is 16.3 Å². The van der Waals surface area contributed by atoms with Gasteiger partial charge < -0.3 is 5.32 Å². The molecule has 2 aromatic heterocycles. The maximum atomic E-state index is 12.4. The highest BCUT2D eigenvalue weighted by atomic mass is 32.2. The van der Waals surface area contributed by atoms with Crippen LogP contribution in [0.3, 0.4) is 0 Å². The molecule has 2 aromatic rings. The van der Waals surface area contributed by atoms with Crippen LogP contribution in [0.25, 0.3) is 0 Å². The van der Waals surface area contributed by atoms with Gasteiger partial charge in [0.1, 0.15) is 11.2 Å². The summed E-state index contributed by atoms with van der Waals surface area (Å²) in [6.45, 7) is 5.50. The van der Waals surface area contributed by atoms with Crippen molar-refractivity contribution in [3.8, 4) is 0 Å². The number of aromatic nitrogens is 2. The van der Waals surface area contributed by atoms with Crippen molar-refractivity contribution in [2.45, 2.75) is 31.7 Å².